The van der Waals surface area contributed by atoms with E-state index >= 15 is 0 Å². The molecule has 7 rings (SSSR count). The number of carbonyl (C=O) groups excluding carboxylic acids is 1. The number of fused-ring (bicyclic) bond motifs is 4. The van der Waals surface area contributed by atoms with Gasteiger partial charge in [-0.2, -0.15) is 0 Å². The van der Waals surface area contributed by atoms with Gasteiger partial charge in [0.2, 0.25) is 0 Å². The molecule has 11 atom stereocenters. The van der Waals surface area contributed by atoms with E-state index in [-0.39, 0.29) is 51.3 Å². The molecule has 1 unspecified atom stereocenters. The van der Waals surface area contributed by atoms with Crippen LogP contribution in [0.3, 0.4) is 0 Å². The second-order valence-corrected chi connectivity index (χ2v) is 20.4. The standard InChI is InChI=1S/C41H66NO7/c1-24-20-26(34(37(8,9)45)47-25(2)43)48-32-31(24)38(10)16-17-41-22-40(41)15-14-29(49-30-21-42(18-19-46-30)23-35(3,4)5)36(6,7)27(40)12-13-28(41)39(38,11)33(32)44/h24,27,29-31,33-34,44-45H,12-23H2,1-11H3/t24-,27+,29?,30+,31+,33+,34+,38-,39-,40-,41+/m1/s1. The Morgan fingerprint density at radius 1 is 1.08 bits per heavy atom. The lowest BCUT2D eigenvalue weighted by Gasteiger charge is -2.63. The summed E-state index contributed by atoms with van der Waals surface area (Å²) in [5.41, 5.74) is -1.13. The number of ether oxygens (including phenoxy) is 4. The van der Waals surface area contributed by atoms with Crippen molar-refractivity contribution in [1.82, 2.24) is 4.90 Å². The largest absolute Gasteiger partial charge is 0.456 e. The zero-order valence-corrected chi connectivity index (χ0v) is 32.4. The maximum absolute atomic E-state index is 12.5. The number of carbonyl (C=O) groups is 1. The van der Waals surface area contributed by atoms with Gasteiger partial charge in [-0.3, -0.25) is 9.69 Å². The molecule has 2 saturated heterocycles. The number of nitrogens with zero attached hydrogens (tertiary/aromatic N) is 1. The molecule has 5 saturated carbocycles. The molecule has 0 aromatic carbocycles. The minimum atomic E-state index is -1.31. The fourth-order valence-electron chi connectivity index (χ4n) is 13.4. The van der Waals surface area contributed by atoms with E-state index in [0.717, 1.165) is 58.0 Å². The molecular formula is C41H66NO7. The predicted molar refractivity (Wildman–Crippen MR) is 187 cm³/mol. The highest BCUT2D eigenvalue weighted by molar-refractivity contribution is 5.66. The number of rotatable bonds is 6. The molecule has 2 spiro atoms. The van der Waals surface area contributed by atoms with Crippen molar-refractivity contribution in [3.05, 3.63) is 18.1 Å². The molecule has 0 aromatic rings. The molecule has 2 N–H and O–H groups in total. The molecule has 2 heterocycles. The average molecular weight is 685 g/mol. The van der Waals surface area contributed by atoms with Gasteiger partial charge in [-0.25, -0.2) is 0 Å². The van der Waals surface area contributed by atoms with E-state index < -0.39 is 29.2 Å². The van der Waals surface area contributed by atoms with E-state index in [2.05, 4.69) is 60.3 Å². The van der Waals surface area contributed by atoms with Crippen LogP contribution >= 0.6 is 0 Å². The van der Waals surface area contributed by atoms with Crippen LogP contribution in [0.25, 0.3) is 0 Å². The Kier molecular flexibility index (Phi) is 8.67. The van der Waals surface area contributed by atoms with Gasteiger partial charge >= 0.3 is 5.97 Å². The van der Waals surface area contributed by atoms with Crippen LogP contribution in [0.2, 0.25) is 0 Å². The van der Waals surface area contributed by atoms with Crippen molar-refractivity contribution in [2.24, 2.45) is 50.2 Å². The highest BCUT2D eigenvalue weighted by Gasteiger charge is 2.85. The van der Waals surface area contributed by atoms with Crippen LogP contribution in [0.1, 0.15) is 128 Å². The Morgan fingerprint density at radius 2 is 1.80 bits per heavy atom. The summed E-state index contributed by atoms with van der Waals surface area (Å²) in [7, 11) is 0. The second-order valence-electron chi connectivity index (χ2n) is 20.4. The third-order valence-electron chi connectivity index (χ3n) is 15.3. The summed E-state index contributed by atoms with van der Waals surface area (Å²) in [6.45, 7) is 27.1. The summed E-state index contributed by atoms with van der Waals surface area (Å²) >= 11 is 0. The minimum Gasteiger partial charge on any atom is -0.456 e. The van der Waals surface area contributed by atoms with Crippen molar-refractivity contribution in [2.75, 3.05) is 26.2 Å². The van der Waals surface area contributed by atoms with Gasteiger partial charge in [-0.15, -0.1) is 0 Å². The first-order valence-corrected chi connectivity index (χ1v) is 19.4. The van der Waals surface area contributed by atoms with E-state index in [1.165, 1.54) is 26.2 Å². The number of hydrogen-bond acceptors (Lipinski definition) is 8. The van der Waals surface area contributed by atoms with Crippen molar-refractivity contribution < 1.29 is 34.0 Å². The van der Waals surface area contributed by atoms with E-state index in [4.69, 9.17) is 18.9 Å². The fourth-order valence-corrected chi connectivity index (χ4v) is 13.4. The zero-order chi connectivity index (χ0) is 35.7. The Bertz CT molecular complexity index is 1290. The molecule has 7 aliphatic rings. The molecule has 8 nitrogen and oxygen atoms in total. The normalized spacial score (nSPS) is 46.6. The van der Waals surface area contributed by atoms with Gasteiger partial charge in [0.15, 0.2) is 12.4 Å². The summed E-state index contributed by atoms with van der Waals surface area (Å²) in [6.07, 6.45) is 8.12. The first-order chi connectivity index (χ1) is 22.6. The number of aliphatic hydroxyl groups is 2. The van der Waals surface area contributed by atoms with Gasteiger partial charge in [0, 0.05) is 37.9 Å². The van der Waals surface area contributed by atoms with Crippen molar-refractivity contribution in [2.45, 2.75) is 158 Å². The summed E-state index contributed by atoms with van der Waals surface area (Å²) in [4.78, 5) is 14.6. The van der Waals surface area contributed by atoms with Crippen LogP contribution < -0.4 is 0 Å². The van der Waals surface area contributed by atoms with Gasteiger partial charge < -0.3 is 29.2 Å². The maximum atomic E-state index is 12.5. The van der Waals surface area contributed by atoms with Crippen molar-refractivity contribution in [3.8, 4) is 0 Å². The molecule has 0 bridgehead atoms. The lowest BCUT2D eigenvalue weighted by molar-refractivity contribution is -0.244. The first kappa shape index (κ1) is 36.6. The molecule has 2 aliphatic heterocycles. The summed E-state index contributed by atoms with van der Waals surface area (Å²) < 4.78 is 25.5. The van der Waals surface area contributed by atoms with E-state index in [0.29, 0.717) is 18.4 Å². The molecule has 5 aliphatic carbocycles. The van der Waals surface area contributed by atoms with E-state index in [9.17, 15) is 15.0 Å². The topological polar surface area (TPSA) is 97.7 Å². The number of hydrogen-bond donors (Lipinski definition) is 2. The smallest absolute Gasteiger partial charge is 0.303 e. The minimum absolute atomic E-state index is 0.0337. The summed E-state index contributed by atoms with van der Waals surface area (Å²) in [6, 6.07) is 0. The predicted octanol–water partition coefficient (Wildman–Crippen LogP) is 6.88. The lowest BCUT2D eigenvalue weighted by Crippen LogP contribution is -2.59. The SMILES string of the molecule is CC(=O)O[C@@H]([C]1C[C@@H](C)[C@H]2[C](O1)[C@H](O)[C@@]1(C)[C]3CC[C@H]4C(C)(C)C(O[C@H]5CN(CC(C)(C)C)CCO5)CC[C@@]45C[C@@]35CC[C@]21C)C(C)(C)O. The monoisotopic (exact) mass is 684 g/mol. The molecule has 7 fully saturated rings. The highest BCUT2D eigenvalue weighted by Crippen LogP contribution is 2.90. The number of esters is 1. The van der Waals surface area contributed by atoms with Gasteiger partial charge in [0.05, 0.1) is 24.4 Å². The molecule has 0 aromatic heterocycles. The molecule has 277 valence electrons. The van der Waals surface area contributed by atoms with E-state index in [1.807, 2.05) is 0 Å². The number of morpholine rings is 1. The van der Waals surface area contributed by atoms with Crippen LogP contribution in [0.4, 0.5) is 0 Å². The molecule has 0 amide bonds. The zero-order valence-electron chi connectivity index (χ0n) is 32.4. The van der Waals surface area contributed by atoms with Crippen LogP contribution in [0, 0.1) is 68.4 Å². The van der Waals surface area contributed by atoms with Gasteiger partial charge in [-0.05, 0) is 110 Å². The Morgan fingerprint density at radius 3 is 2.45 bits per heavy atom. The highest BCUT2D eigenvalue weighted by atomic mass is 16.7. The molecular weight excluding hydrogens is 618 g/mol. The first-order valence-electron chi connectivity index (χ1n) is 19.4. The van der Waals surface area contributed by atoms with Gasteiger partial charge in [0.1, 0.15) is 12.2 Å². The van der Waals surface area contributed by atoms with Crippen molar-refractivity contribution in [3.63, 3.8) is 0 Å². The van der Waals surface area contributed by atoms with Gasteiger partial charge in [0.25, 0.3) is 0 Å². The Labute approximate surface area is 296 Å². The second kappa shape index (κ2) is 11.6. The van der Waals surface area contributed by atoms with Crippen molar-refractivity contribution in [1.29, 1.82) is 0 Å². The summed E-state index contributed by atoms with van der Waals surface area (Å²) in [5.74, 6) is 2.01. The molecule has 8 heteroatoms. The lowest BCUT2D eigenvalue weighted by atomic mass is 9.41. The fraction of sp³-hybridized carbons (Fsp3) is 0.902. The maximum Gasteiger partial charge on any atom is 0.303 e. The van der Waals surface area contributed by atoms with Crippen LogP contribution in [0.15, 0.2) is 0 Å². The quantitative estimate of drug-likeness (QED) is 0.293. The van der Waals surface area contributed by atoms with Crippen LogP contribution in [-0.2, 0) is 23.7 Å². The molecule has 49 heavy (non-hydrogen) atoms. The summed E-state index contributed by atoms with van der Waals surface area (Å²) in [5, 5.41) is 23.5. The van der Waals surface area contributed by atoms with Crippen LogP contribution in [-0.4, -0.2) is 77.5 Å². The Balaban J connectivity index is 1.11. The van der Waals surface area contributed by atoms with Crippen LogP contribution in [0.5, 0.6) is 0 Å². The molecule has 3 radical (unpaired) electrons. The third kappa shape index (κ3) is 5.36. The van der Waals surface area contributed by atoms with E-state index in [1.54, 1.807) is 19.8 Å². The number of aliphatic hydroxyl groups excluding tert-OH is 1. The average Bonchev–Trinajstić information content (AvgIpc) is 3.61. The van der Waals surface area contributed by atoms with Gasteiger partial charge in [-0.1, -0.05) is 55.4 Å². The van der Waals surface area contributed by atoms with Crippen molar-refractivity contribution >= 4 is 5.97 Å². The third-order valence-corrected chi connectivity index (χ3v) is 15.3. The Hall–Kier alpha value is -0.770.